The van der Waals surface area contributed by atoms with Gasteiger partial charge in [-0.1, -0.05) is 18.2 Å². The van der Waals surface area contributed by atoms with Crippen molar-refractivity contribution in [2.45, 2.75) is 18.8 Å². The van der Waals surface area contributed by atoms with Gasteiger partial charge in [0.1, 0.15) is 11.6 Å². The number of guanidine groups is 1. The number of nitrogens with one attached hydrogen (secondary N) is 2. The average molecular weight is 405 g/mol. The third-order valence-corrected chi connectivity index (χ3v) is 4.48. The number of nitrogens with two attached hydrogens (primary N) is 1. The number of benzene rings is 2. The number of rotatable bonds is 9. The number of nitrogens with zero attached hydrogens (tertiary/aromatic N) is 1. The number of primary amides is 1. The molecule has 8 heteroatoms. The van der Waals surface area contributed by atoms with E-state index in [0.717, 1.165) is 22.4 Å². The number of amides is 1. The van der Waals surface area contributed by atoms with Crippen molar-refractivity contribution in [2.24, 2.45) is 10.7 Å². The molecule has 0 heterocycles. The lowest BCUT2D eigenvalue weighted by Gasteiger charge is -2.14. The first-order valence-electron chi connectivity index (χ1n) is 8.72. The summed E-state index contributed by atoms with van der Waals surface area (Å²) >= 11 is 1.65. The Kier molecular flexibility index (Phi) is 8.61. The highest BCUT2D eigenvalue weighted by Gasteiger charge is 2.06. The van der Waals surface area contributed by atoms with Crippen LogP contribution in [0.4, 0.5) is 4.39 Å². The summed E-state index contributed by atoms with van der Waals surface area (Å²) in [6.45, 7) is 0.905. The molecule has 2 rings (SSSR count). The molecule has 0 bridgehead atoms. The van der Waals surface area contributed by atoms with Crippen molar-refractivity contribution in [3.63, 3.8) is 0 Å². The molecule has 1 amide bonds. The molecule has 0 fully saturated rings. The molecule has 0 atom stereocenters. The second-order valence-electron chi connectivity index (χ2n) is 6.03. The quantitative estimate of drug-likeness (QED) is 0.441. The van der Waals surface area contributed by atoms with Crippen molar-refractivity contribution in [1.29, 1.82) is 0 Å². The fourth-order valence-electron chi connectivity index (χ4n) is 2.54. The molecule has 0 spiro atoms. The Morgan fingerprint density at radius 3 is 2.68 bits per heavy atom. The minimum Gasteiger partial charge on any atom is -0.484 e. The highest BCUT2D eigenvalue weighted by Crippen LogP contribution is 2.17. The van der Waals surface area contributed by atoms with E-state index < -0.39 is 5.91 Å². The minimum atomic E-state index is -0.519. The van der Waals surface area contributed by atoms with Gasteiger partial charge in [0, 0.05) is 25.9 Å². The Bertz CT molecular complexity index is 830. The highest BCUT2D eigenvalue weighted by atomic mass is 32.2. The summed E-state index contributed by atoms with van der Waals surface area (Å²) in [6.07, 6.45) is 1.99. The van der Waals surface area contributed by atoms with Gasteiger partial charge < -0.3 is 21.1 Å². The molecule has 4 N–H and O–H groups in total. The fourth-order valence-corrected chi connectivity index (χ4v) is 3.12. The summed E-state index contributed by atoms with van der Waals surface area (Å²) in [6, 6.07) is 12.2. The number of carbonyl (C=O) groups excluding carboxylic acids is 1. The van der Waals surface area contributed by atoms with Crippen molar-refractivity contribution in [3.05, 3.63) is 65.0 Å². The number of carbonyl (C=O) groups is 1. The van der Waals surface area contributed by atoms with E-state index in [1.54, 1.807) is 37.0 Å². The largest absolute Gasteiger partial charge is 0.484 e. The van der Waals surface area contributed by atoms with Crippen LogP contribution < -0.4 is 21.1 Å². The Morgan fingerprint density at radius 2 is 1.96 bits per heavy atom. The van der Waals surface area contributed by atoms with Gasteiger partial charge >= 0.3 is 0 Å². The zero-order chi connectivity index (χ0) is 20.4. The molecule has 0 aromatic heterocycles. The first kappa shape index (κ1) is 21.6. The Morgan fingerprint density at radius 1 is 1.18 bits per heavy atom. The van der Waals surface area contributed by atoms with E-state index in [-0.39, 0.29) is 12.4 Å². The lowest BCUT2D eigenvalue weighted by atomic mass is 10.1. The zero-order valence-electron chi connectivity index (χ0n) is 16.0. The number of thioether (sulfide) groups is 1. The van der Waals surface area contributed by atoms with Crippen LogP contribution in [0.25, 0.3) is 0 Å². The van der Waals surface area contributed by atoms with Gasteiger partial charge in [-0.25, -0.2) is 4.39 Å². The highest BCUT2D eigenvalue weighted by molar-refractivity contribution is 7.97. The number of hydrogen-bond acceptors (Lipinski definition) is 4. The van der Waals surface area contributed by atoms with Gasteiger partial charge in [-0.3, -0.25) is 9.79 Å². The first-order valence-corrected chi connectivity index (χ1v) is 10.1. The van der Waals surface area contributed by atoms with Gasteiger partial charge in [-0.05, 0) is 47.2 Å². The van der Waals surface area contributed by atoms with Gasteiger partial charge in [-0.15, -0.1) is 0 Å². The molecule has 2 aromatic carbocycles. The van der Waals surface area contributed by atoms with Crippen LogP contribution in [0.5, 0.6) is 5.75 Å². The maximum Gasteiger partial charge on any atom is 0.255 e. The van der Waals surface area contributed by atoms with Crippen LogP contribution in [0.15, 0.2) is 47.5 Å². The van der Waals surface area contributed by atoms with Gasteiger partial charge in [-0.2, -0.15) is 11.8 Å². The van der Waals surface area contributed by atoms with Crippen molar-refractivity contribution in [1.82, 2.24) is 10.6 Å². The lowest BCUT2D eigenvalue weighted by molar-refractivity contribution is -0.119. The predicted octanol–water partition coefficient (Wildman–Crippen LogP) is 2.42. The normalized spacial score (nSPS) is 11.2. The van der Waals surface area contributed by atoms with E-state index in [0.29, 0.717) is 24.8 Å². The molecule has 0 saturated heterocycles. The molecular formula is C20H25FN4O2S. The van der Waals surface area contributed by atoms with Crippen molar-refractivity contribution in [3.8, 4) is 5.75 Å². The van der Waals surface area contributed by atoms with Crippen LogP contribution in [0, 0.1) is 5.82 Å². The van der Waals surface area contributed by atoms with Crippen LogP contribution in [-0.2, 0) is 23.6 Å². The third-order valence-electron chi connectivity index (χ3n) is 3.88. The van der Waals surface area contributed by atoms with E-state index >= 15 is 0 Å². The molecule has 2 aromatic rings. The van der Waals surface area contributed by atoms with Crippen LogP contribution in [0.1, 0.15) is 16.7 Å². The van der Waals surface area contributed by atoms with Crippen molar-refractivity contribution >= 4 is 23.6 Å². The van der Waals surface area contributed by atoms with Crippen molar-refractivity contribution in [2.75, 3.05) is 19.9 Å². The number of ether oxygens (including phenoxy) is 1. The van der Waals surface area contributed by atoms with E-state index in [4.69, 9.17) is 10.5 Å². The molecule has 0 aliphatic carbocycles. The molecule has 0 saturated carbocycles. The molecule has 0 unspecified atom stereocenters. The van der Waals surface area contributed by atoms with Gasteiger partial charge in [0.2, 0.25) is 0 Å². The van der Waals surface area contributed by atoms with Crippen LogP contribution in [0.2, 0.25) is 0 Å². The maximum absolute atomic E-state index is 13.5. The summed E-state index contributed by atoms with van der Waals surface area (Å²) < 4.78 is 18.8. The van der Waals surface area contributed by atoms with Crippen LogP contribution >= 0.6 is 11.8 Å². The fraction of sp³-hybridized carbons (Fsp3) is 0.300. The first-order chi connectivity index (χ1) is 13.5. The Labute approximate surface area is 168 Å². The van der Waals surface area contributed by atoms with E-state index in [1.807, 2.05) is 24.5 Å². The van der Waals surface area contributed by atoms with E-state index in [1.165, 1.54) is 6.07 Å². The second-order valence-corrected chi connectivity index (χ2v) is 6.89. The topological polar surface area (TPSA) is 88.7 Å². The number of halogens is 1. The molecular weight excluding hydrogens is 379 g/mol. The smallest absolute Gasteiger partial charge is 0.255 e. The molecule has 0 radical (unpaired) electrons. The van der Waals surface area contributed by atoms with Crippen LogP contribution in [-0.4, -0.2) is 31.8 Å². The SMILES string of the molecule is CN=C(NCc1cccc(OCC(N)=O)c1)NCc1ccc(F)cc1CSC. The molecule has 0 aliphatic rings. The zero-order valence-corrected chi connectivity index (χ0v) is 16.8. The third kappa shape index (κ3) is 7.11. The van der Waals surface area contributed by atoms with Gasteiger partial charge in [0.25, 0.3) is 5.91 Å². The second kappa shape index (κ2) is 11.2. The number of aliphatic imine (C=N–C) groups is 1. The summed E-state index contributed by atoms with van der Waals surface area (Å²) in [5.41, 5.74) is 8.05. The average Bonchev–Trinajstić information content (AvgIpc) is 2.68. The van der Waals surface area contributed by atoms with E-state index in [2.05, 4.69) is 15.6 Å². The summed E-state index contributed by atoms with van der Waals surface area (Å²) in [5, 5.41) is 6.47. The Hall–Kier alpha value is -2.74. The Balaban J connectivity index is 1.92. The monoisotopic (exact) mass is 404 g/mol. The van der Waals surface area contributed by atoms with Crippen molar-refractivity contribution < 1.29 is 13.9 Å². The lowest BCUT2D eigenvalue weighted by Crippen LogP contribution is -2.36. The van der Waals surface area contributed by atoms with Gasteiger partial charge in [0.15, 0.2) is 12.6 Å². The summed E-state index contributed by atoms with van der Waals surface area (Å²) in [4.78, 5) is 15.0. The molecule has 6 nitrogen and oxygen atoms in total. The molecule has 0 aliphatic heterocycles. The minimum absolute atomic E-state index is 0.157. The standard InChI is InChI=1S/C20H25FN4O2S/c1-23-20(25-11-15-6-7-17(21)9-16(15)13-28-2)24-10-14-4-3-5-18(8-14)27-12-19(22)26/h3-9H,10-13H2,1-2H3,(H2,22,26)(H2,23,24,25). The molecule has 150 valence electrons. The summed E-state index contributed by atoms with van der Waals surface area (Å²) in [7, 11) is 1.69. The molecule has 28 heavy (non-hydrogen) atoms. The maximum atomic E-state index is 13.5. The van der Waals surface area contributed by atoms with Crippen LogP contribution in [0.3, 0.4) is 0 Å². The predicted molar refractivity (Wildman–Crippen MR) is 112 cm³/mol. The summed E-state index contributed by atoms with van der Waals surface area (Å²) in [5.74, 6) is 1.21. The van der Waals surface area contributed by atoms with E-state index in [9.17, 15) is 9.18 Å². The number of hydrogen-bond donors (Lipinski definition) is 3. The van der Waals surface area contributed by atoms with Gasteiger partial charge in [0.05, 0.1) is 0 Å².